The first-order valence-electron chi connectivity index (χ1n) is 6.12. The Hall–Kier alpha value is -2.97. The van der Waals surface area contributed by atoms with Gasteiger partial charge in [-0.25, -0.2) is 0 Å². The smallest absolute Gasteiger partial charge is 0.299 e. The van der Waals surface area contributed by atoms with Gasteiger partial charge in [-0.3, -0.25) is 24.9 Å². The highest BCUT2D eigenvalue weighted by molar-refractivity contribution is 5.71. The maximum atomic E-state index is 11.0. The van der Waals surface area contributed by atoms with Gasteiger partial charge in [0.15, 0.2) is 0 Å². The van der Waals surface area contributed by atoms with E-state index in [4.69, 9.17) is 0 Å². The van der Waals surface area contributed by atoms with E-state index in [0.717, 1.165) is 6.07 Å². The van der Waals surface area contributed by atoms with Gasteiger partial charge in [0.25, 0.3) is 11.4 Å². The first-order chi connectivity index (χ1) is 9.88. The van der Waals surface area contributed by atoms with E-state index < -0.39 is 9.85 Å². The second-order valence-electron chi connectivity index (χ2n) is 4.64. The van der Waals surface area contributed by atoms with E-state index in [1.54, 1.807) is 10.9 Å². The van der Waals surface area contributed by atoms with Crippen LogP contribution in [0.4, 0.5) is 22.7 Å². The molecule has 1 aromatic carbocycles. The van der Waals surface area contributed by atoms with E-state index in [0.29, 0.717) is 5.69 Å². The van der Waals surface area contributed by atoms with Crippen molar-refractivity contribution in [2.24, 2.45) is 0 Å². The van der Waals surface area contributed by atoms with Crippen LogP contribution in [0.15, 0.2) is 30.6 Å². The number of rotatable bonds is 5. The molecule has 0 radical (unpaired) electrons. The van der Waals surface area contributed by atoms with E-state index in [1.165, 1.54) is 18.3 Å². The van der Waals surface area contributed by atoms with Crippen LogP contribution in [0.25, 0.3) is 0 Å². The van der Waals surface area contributed by atoms with E-state index in [-0.39, 0.29) is 23.1 Å². The molecule has 0 aliphatic heterocycles. The highest BCUT2D eigenvalue weighted by Crippen LogP contribution is 2.31. The first-order valence-corrected chi connectivity index (χ1v) is 6.12. The fourth-order valence-corrected chi connectivity index (χ4v) is 1.73. The summed E-state index contributed by atoms with van der Waals surface area (Å²) in [4.78, 5) is 20.4. The molecule has 1 N–H and O–H groups in total. The minimum absolute atomic E-state index is 0.160. The standard InChI is InChI=1S/C12H13N5O4/c1-8(2)15-7-9(6-13-15)14-11-4-3-10(16(18)19)5-12(11)17(20)21/h3-8,14H,1-2H3. The fraction of sp³-hybridized carbons (Fsp3) is 0.250. The molecule has 0 fully saturated rings. The molecule has 0 spiro atoms. The van der Waals surface area contributed by atoms with Crippen LogP contribution < -0.4 is 5.32 Å². The molecule has 0 amide bonds. The van der Waals surface area contributed by atoms with Crippen LogP contribution in [-0.2, 0) is 0 Å². The molecule has 1 aromatic heterocycles. The van der Waals surface area contributed by atoms with Crippen LogP contribution in [0.3, 0.4) is 0 Å². The van der Waals surface area contributed by atoms with Crippen LogP contribution in [0.5, 0.6) is 0 Å². The van der Waals surface area contributed by atoms with Crippen molar-refractivity contribution in [3.63, 3.8) is 0 Å². The van der Waals surface area contributed by atoms with Crippen molar-refractivity contribution >= 4 is 22.7 Å². The predicted octanol–water partition coefficient (Wildman–Crippen LogP) is 3.02. The Morgan fingerprint density at radius 1 is 1.24 bits per heavy atom. The average molecular weight is 291 g/mol. The van der Waals surface area contributed by atoms with Crippen molar-refractivity contribution in [2.75, 3.05) is 5.32 Å². The molecule has 0 aliphatic rings. The lowest BCUT2D eigenvalue weighted by molar-refractivity contribution is -0.393. The molecule has 0 aliphatic carbocycles. The zero-order chi connectivity index (χ0) is 15.6. The van der Waals surface area contributed by atoms with Gasteiger partial charge in [0, 0.05) is 18.3 Å². The largest absolute Gasteiger partial charge is 0.347 e. The number of anilines is 2. The molecule has 0 atom stereocenters. The molecule has 9 heteroatoms. The maximum Gasteiger partial charge on any atom is 0.299 e. The van der Waals surface area contributed by atoms with Crippen molar-refractivity contribution in [1.82, 2.24) is 9.78 Å². The van der Waals surface area contributed by atoms with Gasteiger partial charge >= 0.3 is 0 Å². The second kappa shape index (κ2) is 5.57. The highest BCUT2D eigenvalue weighted by Gasteiger charge is 2.19. The number of benzene rings is 1. The lowest BCUT2D eigenvalue weighted by Gasteiger charge is -2.05. The van der Waals surface area contributed by atoms with Crippen molar-refractivity contribution in [2.45, 2.75) is 19.9 Å². The second-order valence-corrected chi connectivity index (χ2v) is 4.64. The monoisotopic (exact) mass is 291 g/mol. The lowest BCUT2D eigenvalue weighted by atomic mass is 10.2. The summed E-state index contributed by atoms with van der Waals surface area (Å²) < 4.78 is 1.69. The summed E-state index contributed by atoms with van der Waals surface area (Å²) in [5.74, 6) is 0. The maximum absolute atomic E-state index is 11.0. The summed E-state index contributed by atoms with van der Waals surface area (Å²) >= 11 is 0. The van der Waals surface area contributed by atoms with Crippen LogP contribution >= 0.6 is 0 Å². The highest BCUT2D eigenvalue weighted by atomic mass is 16.6. The third kappa shape index (κ3) is 3.14. The molecule has 0 bridgehead atoms. The SMILES string of the molecule is CC(C)n1cc(Nc2ccc([N+](=O)[O-])cc2[N+](=O)[O-])cn1. The van der Waals surface area contributed by atoms with Crippen molar-refractivity contribution in [3.05, 3.63) is 50.8 Å². The zero-order valence-corrected chi connectivity index (χ0v) is 11.4. The number of hydrogen-bond acceptors (Lipinski definition) is 6. The molecular formula is C12H13N5O4. The minimum atomic E-state index is -0.673. The van der Waals surface area contributed by atoms with E-state index in [1.807, 2.05) is 13.8 Å². The van der Waals surface area contributed by atoms with Gasteiger partial charge in [-0.1, -0.05) is 0 Å². The number of nitrogens with one attached hydrogen (secondary N) is 1. The molecule has 21 heavy (non-hydrogen) atoms. The van der Waals surface area contributed by atoms with Crippen molar-refractivity contribution < 1.29 is 9.85 Å². The van der Waals surface area contributed by atoms with Gasteiger partial charge < -0.3 is 5.32 Å². The molecule has 0 unspecified atom stereocenters. The van der Waals surface area contributed by atoms with Crippen molar-refractivity contribution in [3.8, 4) is 0 Å². The molecule has 0 saturated heterocycles. The molecular weight excluding hydrogens is 278 g/mol. The van der Waals surface area contributed by atoms with Gasteiger partial charge in [-0.2, -0.15) is 5.10 Å². The first kappa shape index (κ1) is 14.4. The van der Waals surface area contributed by atoms with Gasteiger partial charge in [-0.05, 0) is 19.9 Å². The Morgan fingerprint density at radius 2 is 1.95 bits per heavy atom. The van der Waals surface area contributed by atoms with E-state index in [2.05, 4.69) is 10.4 Å². The molecule has 110 valence electrons. The topological polar surface area (TPSA) is 116 Å². The van der Waals surface area contributed by atoms with E-state index >= 15 is 0 Å². The van der Waals surface area contributed by atoms with Gasteiger partial charge in [0.2, 0.25) is 0 Å². The lowest BCUT2D eigenvalue weighted by Crippen LogP contribution is -2.00. The summed E-state index contributed by atoms with van der Waals surface area (Å²) in [6.07, 6.45) is 3.24. The van der Waals surface area contributed by atoms with Crippen LogP contribution in [0, 0.1) is 20.2 Å². The quantitative estimate of drug-likeness (QED) is 0.668. The Bertz CT molecular complexity index is 695. The van der Waals surface area contributed by atoms with Gasteiger partial charge in [-0.15, -0.1) is 0 Å². The molecule has 2 rings (SSSR count). The summed E-state index contributed by atoms with van der Waals surface area (Å²) in [6, 6.07) is 3.60. The summed E-state index contributed by atoms with van der Waals surface area (Å²) in [6.45, 7) is 3.90. The molecule has 1 heterocycles. The van der Waals surface area contributed by atoms with Gasteiger partial charge in [0.1, 0.15) is 5.69 Å². The molecule has 9 nitrogen and oxygen atoms in total. The van der Waals surface area contributed by atoms with Gasteiger partial charge in [0.05, 0.1) is 27.8 Å². The summed E-state index contributed by atoms with van der Waals surface area (Å²) in [5.41, 5.74) is 0.0566. The van der Waals surface area contributed by atoms with Crippen LogP contribution in [0.2, 0.25) is 0 Å². The Kier molecular flexibility index (Phi) is 3.83. The summed E-state index contributed by atoms with van der Waals surface area (Å²) in [5, 5.41) is 28.7. The molecule has 2 aromatic rings. The number of non-ortho nitro benzene ring substituents is 1. The average Bonchev–Trinajstić information content (AvgIpc) is 2.87. The third-order valence-electron chi connectivity index (χ3n) is 2.80. The molecule has 0 saturated carbocycles. The van der Waals surface area contributed by atoms with Crippen molar-refractivity contribution in [1.29, 1.82) is 0 Å². The normalized spacial score (nSPS) is 10.6. The predicted molar refractivity (Wildman–Crippen MR) is 75.6 cm³/mol. The summed E-state index contributed by atoms with van der Waals surface area (Å²) in [7, 11) is 0. The minimum Gasteiger partial charge on any atom is -0.347 e. The number of aromatic nitrogens is 2. The third-order valence-corrected chi connectivity index (χ3v) is 2.80. The number of nitrogens with zero attached hydrogens (tertiary/aromatic N) is 4. The Balaban J connectivity index is 2.34. The zero-order valence-electron chi connectivity index (χ0n) is 11.4. The number of nitro groups is 2. The van der Waals surface area contributed by atoms with Crippen LogP contribution in [0.1, 0.15) is 19.9 Å². The van der Waals surface area contributed by atoms with Crippen LogP contribution in [-0.4, -0.2) is 19.6 Å². The Labute approximate surface area is 119 Å². The number of hydrogen-bond donors (Lipinski definition) is 1. The Morgan fingerprint density at radius 3 is 2.48 bits per heavy atom. The fourth-order valence-electron chi connectivity index (χ4n) is 1.73. The van der Waals surface area contributed by atoms with E-state index in [9.17, 15) is 20.2 Å². The number of nitro benzene ring substituents is 2.